The summed E-state index contributed by atoms with van der Waals surface area (Å²) in [6.07, 6.45) is 1.53. The number of hydrogen-bond donors (Lipinski definition) is 2. The van der Waals surface area contributed by atoms with Gasteiger partial charge in [-0.25, -0.2) is 4.79 Å². The Morgan fingerprint density at radius 1 is 1.54 bits per heavy atom. The molecule has 0 unspecified atom stereocenters. The normalized spacial score (nSPS) is 11.1. The van der Waals surface area contributed by atoms with Gasteiger partial charge < -0.3 is 10.1 Å². The highest BCUT2D eigenvalue weighted by molar-refractivity contribution is 7.80. The molecule has 0 rings (SSSR count). The largest absolute Gasteiger partial charge is 0.444 e. The Bertz CT molecular complexity index is 160. The highest BCUT2D eigenvalue weighted by Gasteiger charge is 2.20. The number of rotatable bonds is 5. The van der Waals surface area contributed by atoms with Crippen molar-refractivity contribution >= 4 is 18.7 Å². The van der Waals surface area contributed by atoms with Crippen molar-refractivity contribution in [3.05, 3.63) is 0 Å². The van der Waals surface area contributed by atoms with Crippen LogP contribution in [-0.4, -0.2) is 24.0 Å². The smallest absolute Gasteiger partial charge is 0.407 e. The fourth-order valence-corrected chi connectivity index (χ4v) is 1.21. The summed E-state index contributed by atoms with van der Waals surface area (Å²) >= 11 is 3.98. The van der Waals surface area contributed by atoms with Gasteiger partial charge in [-0.3, -0.25) is 0 Å². The van der Waals surface area contributed by atoms with E-state index in [0.29, 0.717) is 12.3 Å². The van der Waals surface area contributed by atoms with Crippen molar-refractivity contribution in [3.63, 3.8) is 0 Å². The van der Waals surface area contributed by atoms with Crippen LogP contribution < -0.4 is 5.32 Å². The molecule has 0 spiro atoms. The lowest BCUT2D eigenvalue weighted by Gasteiger charge is -2.24. The summed E-state index contributed by atoms with van der Waals surface area (Å²) in [5.41, 5.74) is -0.366. The van der Waals surface area contributed by atoms with Gasteiger partial charge in [0.2, 0.25) is 0 Å². The molecule has 0 aromatic carbocycles. The molecule has 0 bridgehead atoms. The molecule has 0 saturated heterocycles. The number of carbonyl (C=O) groups excluding carboxylic acids is 1. The molecule has 1 amide bonds. The maximum absolute atomic E-state index is 11.1. The predicted molar refractivity (Wildman–Crippen MR) is 57.3 cm³/mol. The standard InChI is InChI=1S/C9H19NO2S/c1-4-5-9(2,3)12-8(11)10-6-7-13/h13H,4-7H2,1-3H3,(H,10,11). The zero-order valence-corrected chi connectivity index (χ0v) is 9.49. The molecule has 13 heavy (non-hydrogen) atoms. The fourth-order valence-electron chi connectivity index (χ4n) is 1.10. The minimum atomic E-state index is -0.366. The van der Waals surface area contributed by atoms with E-state index in [9.17, 15) is 4.79 Å². The first-order chi connectivity index (χ1) is 6.02. The number of amides is 1. The van der Waals surface area contributed by atoms with E-state index in [0.717, 1.165) is 12.8 Å². The van der Waals surface area contributed by atoms with Crippen LogP contribution in [0.4, 0.5) is 4.79 Å². The third kappa shape index (κ3) is 6.75. The maximum Gasteiger partial charge on any atom is 0.407 e. The van der Waals surface area contributed by atoms with Gasteiger partial charge in [0.15, 0.2) is 0 Å². The number of carbonyl (C=O) groups is 1. The van der Waals surface area contributed by atoms with Crippen molar-refractivity contribution in [2.24, 2.45) is 0 Å². The second kappa shape index (κ2) is 6.13. The third-order valence-corrected chi connectivity index (χ3v) is 1.83. The van der Waals surface area contributed by atoms with Crippen molar-refractivity contribution in [2.75, 3.05) is 12.3 Å². The molecule has 0 heterocycles. The molecule has 0 atom stereocenters. The third-order valence-electron chi connectivity index (χ3n) is 1.60. The molecular formula is C9H19NO2S. The number of thiol groups is 1. The van der Waals surface area contributed by atoms with E-state index in [1.54, 1.807) is 0 Å². The van der Waals surface area contributed by atoms with Gasteiger partial charge in [-0.1, -0.05) is 13.3 Å². The van der Waals surface area contributed by atoms with Crippen molar-refractivity contribution in [1.82, 2.24) is 5.32 Å². The topological polar surface area (TPSA) is 38.3 Å². The van der Waals surface area contributed by atoms with Gasteiger partial charge in [0.25, 0.3) is 0 Å². The average Bonchev–Trinajstić information content (AvgIpc) is 1.99. The zero-order valence-electron chi connectivity index (χ0n) is 8.59. The van der Waals surface area contributed by atoms with E-state index in [-0.39, 0.29) is 11.7 Å². The van der Waals surface area contributed by atoms with Gasteiger partial charge in [0, 0.05) is 12.3 Å². The first kappa shape index (κ1) is 12.6. The summed E-state index contributed by atoms with van der Waals surface area (Å²) in [6, 6.07) is 0. The molecule has 0 aliphatic heterocycles. The van der Waals surface area contributed by atoms with Gasteiger partial charge >= 0.3 is 6.09 Å². The highest BCUT2D eigenvalue weighted by atomic mass is 32.1. The number of hydrogen-bond acceptors (Lipinski definition) is 3. The molecule has 0 saturated carbocycles. The Kier molecular flexibility index (Phi) is 5.95. The van der Waals surface area contributed by atoms with E-state index in [1.165, 1.54) is 0 Å². The van der Waals surface area contributed by atoms with Crippen molar-refractivity contribution in [2.45, 2.75) is 39.2 Å². The van der Waals surface area contributed by atoms with Gasteiger partial charge in [0.05, 0.1) is 0 Å². The molecule has 0 fully saturated rings. The molecule has 0 radical (unpaired) electrons. The summed E-state index contributed by atoms with van der Waals surface area (Å²) in [6.45, 7) is 6.44. The second-order valence-electron chi connectivity index (χ2n) is 3.55. The van der Waals surface area contributed by atoms with E-state index in [4.69, 9.17) is 4.74 Å². The molecule has 3 nitrogen and oxygen atoms in total. The molecule has 0 aromatic heterocycles. The van der Waals surface area contributed by atoms with Gasteiger partial charge in [-0.05, 0) is 20.3 Å². The van der Waals surface area contributed by atoms with Crippen LogP contribution in [0.1, 0.15) is 33.6 Å². The molecule has 4 heteroatoms. The second-order valence-corrected chi connectivity index (χ2v) is 4.00. The van der Waals surface area contributed by atoms with Crippen molar-refractivity contribution in [3.8, 4) is 0 Å². The first-order valence-corrected chi connectivity index (χ1v) is 5.23. The van der Waals surface area contributed by atoms with Crippen LogP contribution in [0.5, 0.6) is 0 Å². The Balaban J connectivity index is 3.75. The monoisotopic (exact) mass is 205 g/mol. The van der Waals surface area contributed by atoms with E-state index in [2.05, 4.69) is 24.9 Å². The van der Waals surface area contributed by atoms with Crippen molar-refractivity contribution < 1.29 is 9.53 Å². The van der Waals surface area contributed by atoms with Gasteiger partial charge in [-0.15, -0.1) is 0 Å². The maximum atomic E-state index is 11.1. The Labute approximate surface area is 85.6 Å². The van der Waals surface area contributed by atoms with E-state index >= 15 is 0 Å². The van der Waals surface area contributed by atoms with Crippen LogP contribution in [0.15, 0.2) is 0 Å². The van der Waals surface area contributed by atoms with E-state index in [1.807, 2.05) is 13.8 Å². The molecule has 1 N–H and O–H groups in total. The highest BCUT2D eigenvalue weighted by Crippen LogP contribution is 2.16. The Hall–Kier alpha value is -0.380. The molecule has 0 aliphatic carbocycles. The quantitative estimate of drug-likeness (QED) is 0.675. The fraction of sp³-hybridized carbons (Fsp3) is 0.889. The van der Waals surface area contributed by atoms with Gasteiger partial charge in [-0.2, -0.15) is 12.6 Å². The lowest BCUT2D eigenvalue weighted by molar-refractivity contribution is 0.0326. The lowest BCUT2D eigenvalue weighted by Crippen LogP contribution is -2.35. The van der Waals surface area contributed by atoms with Crippen molar-refractivity contribution in [1.29, 1.82) is 0 Å². The lowest BCUT2D eigenvalue weighted by atomic mass is 10.0. The number of alkyl carbamates (subject to hydrolysis) is 1. The number of nitrogens with one attached hydrogen (secondary N) is 1. The number of ether oxygens (including phenoxy) is 1. The Morgan fingerprint density at radius 3 is 2.62 bits per heavy atom. The van der Waals surface area contributed by atoms with Gasteiger partial charge in [0.1, 0.15) is 5.60 Å². The minimum absolute atomic E-state index is 0.354. The summed E-state index contributed by atoms with van der Waals surface area (Å²) in [7, 11) is 0. The summed E-state index contributed by atoms with van der Waals surface area (Å²) < 4.78 is 5.20. The van der Waals surface area contributed by atoms with E-state index < -0.39 is 0 Å². The van der Waals surface area contributed by atoms with Crippen LogP contribution in [0.2, 0.25) is 0 Å². The summed E-state index contributed by atoms with van der Waals surface area (Å²) in [4.78, 5) is 11.1. The van der Waals surface area contributed by atoms with Crippen LogP contribution in [0.25, 0.3) is 0 Å². The summed E-state index contributed by atoms with van der Waals surface area (Å²) in [5.74, 6) is 0.628. The molecular weight excluding hydrogens is 186 g/mol. The van der Waals surface area contributed by atoms with Crippen LogP contribution >= 0.6 is 12.6 Å². The average molecular weight is 205 g/mol. The van der Waals surface area contributed by atoms with Crippen LogP contribution in [0, 0.1) is 0 Å². The minimum Gasteiger partial charge on any atom is -0.444 e. The first-order valence-electron chi connectivity index (χ1n) is 4.59. The SMILES string of the molecule is CCCC(C)(C)OC(=O)NCCS. The van der Waals surface area contributed by atoms with Crippen LogP contribution in [-0.2, 0) is 4.74 Å². The molecule has 78 valence electrons. The predicted octanol–water partition coefficient (Wildman–Crippen LogP) is 2.22. The zero-order chi connectivity index (χ0) is 10.3. The van der Waals surface area contributed by atoms with Crippen LogP contribution in [0.3, 0.4) is 0 Å². The molecule has 0 aliphatic rings. The Morgan fingerprint density at radius 2 is 2.15 bits per heavy atom. The molecule has 0 aromatic rings. The summed E-state index contributed by atoms with van der Waals surface area (Å²) in [5, 5.41) is 2.61.